The van der Waals surface area contributed by atoms with Crippen molar-refractivity contribution < 1.29 is 9.31 Å². The molecule has 0 bridgehead atoms. The maximum atomic E-state index is 6.36. The maximum absolute atomic E-state index is 6.36. The largest absolute Gasteiger partial charge is 0.367 e. The summed E-state index contributed by atoms with van der Waals surface area (Å²) >= 11 is 0. The van der Waals surface area contributed by atoms with E-state index in [1.165, 1.54) is 42.4 Å². The molecular weight excluding hydrogens is 294 g/mol. The molecule has 0 saturated heterocycles. The van der Waals surface area contributed by atoms with Crippen molar-refractivity contribution in [3.8, 4) is 0 Å². The Morgan fingerprint density at radius 3 is 2.62 bits per heavy atom. The summed E-state index contributed by atoms with van der Waals surface area (Å²) in [6.45, 7) is 1.85. The fraction of sp³-hybridized carbons (Fsp3) is 0.409. The van der Waals surface area contributed by atoms with Gasteiger partial charge >= 0.3 is 0 Å². The van der Waals surface area contributed by atoms with Crippen LogP contribution in [0.4, 0.5) is 0 Å². The van der Waals surface area contributed by atoms with Gasteiger partial charge in [-0.15, -0.1) is 0 Å². The molecule has 0 unspecified atom stereocenters. The molecule has 1 saturated carbocycles. The van der Waals surface area contributed by atoms with E-state index < -0.39 is 0 Å². The molecule has 1 aliphatic carbocycles. The van der Waals surface area contributed by atoms with Crippen molar-refractivity contribution in [2.75, 3.05) is 6.54 Å². The molecular formula is C22H26NO+. The van der Waals surface area contributed by atoms with Gasteiger partial charge in [-0.2, -0.15) is 0 Å². The van der Waals surface area contributed by atoms with E-state index in [4.69, 9.17) is 4.74 Å². The van der Waals surface area contributed by atoms with Crippen molar-refractivity contribution in [1.82, 2.24) is 0 Å². The highest BCUT2D eigenvalue weighted by Crippen LogP contribution is 2.26. The molecule has 1 aliphatic heterocycles. The van der Waals surface area contributed by atoms with Gasteiger partial charge < -0.3 is 4.74 Å². The minimum Gasteiger partial charge on any atom is -0.367 e. The average Bonchev–Trinajstić information content (AvgIpc) is 2.67. The normalized spacial score (nSPS) is 23.4. The highest BCUT2D eigenvalue weighted by molar-refractivity contribution is 5.78. The molecule has 124 valence electrons. The summed E-state index contributed by atoms with van der Waals surface area (Å²) in [6.07, 6.45) is 8.91. The highest BCUT2D eigenvalue weighted by Gasteiger charge is 2.35. The first-order valence-corrected chi connectivity index (χ1v) is 9.24. The summed E-state index contributed by atoms with van der Waals surface area (Å²) < 4.78 is 8.91. The summed E-state index contributed by atoms with van der Waals surface area (Å²) in [5, 5.41) is 0. The Bertz CT molecular complexity index is 707. The Hall–Kier alpha value is -1.93. The molecule has 4 rings (SSSR count). The van der Waals surface area contributed by atoms with Crippen LogP contribution in [0.25, 0.3) is 0 Å². The van der Waals surface area contributed by atoms with E-state index in [-0.39, 0.29) is 0 Å². The van der Waals surface area contributed by atoms with Crippen LogP contribution >= 0.6 is 0 Å². The van der Waals surface area contributed by atoms with Gasteiger partial charge in [0, 0.05) is 18.4 Å². The lowest BCUT2D eigenvalue weighted by Crippen LogP contribution is -2.44. The van der Waals surface area contributed by atoms with Crippen LogP contribution < -0.4 is 0 Å². The van der Waals surface area contributed by atoms with Crippen molar-refractivity contribution in [2.24, 2.45) is 0 Å². The first-order chi connectivity index (χ1) is 11.9. The van der Waals surface area contributed by atoms with Gasteiger partial charge in [0.05, 0.1) is 6.61 Å². The molecule has 1 heterocycles. The highest BCUT2D eigenvalue weighted by atomic mass is 16.5. The van der Waals surface area contributed by atoms with Gasteiger partial charge in [-0.25, -0.2) is 4.58 Å². The fourth-order valence-electron chi connectivity index (χ4n) is 4.07. The van der Waals surface area contributed by atoms with Gasteiger partial charge in [0.25, 0.3) is 0 Å². The van der Waals surface area contributed by atoms with Crippen LogP contribution in [0.15, 0.2) is 54.6 Å². The average molecular weight is 320 g/mol. The van der Waals surface area contributed by atoms with Crippen molar-refractivity contribution >= 4 is 6.21 Å². The third kappa shape index (κ3) is 3.44. The number of nitrogens with zero attached hydrogens (tertiary/aromatic N) is 1. The van der Waals surface area contributed by atoms with Gasteiger partial charge in [-0.1, -0.05) is 55.0 Å². The zero-order valence-electron chi connectivity index (χ0n) is 14.2. The van der Waals surface area contributed by atoms with Crippen molar-refractivity contribution in [3.05, 3.63) is 71.3 Å². The smallest absolute Gasteiger partial charge is 0.178 e. The molecule has 2 aromatic rings. The quantitative estimate of drug-likeness (QED) is 0.769. The van der Waals surface area contributed by atoms with Gasteiger partial charge in [0.1, 0.15) is 12.6 Å². The Labute approximate surface area is 144 Å². The molecule has 2 nitrogen and oxygen atoms in total. The van der Waals surface area contributed by atoms with E-state index >= 15 is 0 Å². The SMILES string of the molecule is C1=[N+]([C@@H]2CCCC[C@@H]2OCc2ccccc2)CCc2ccccc21. The number of rotatable bonds is 4. The molecule has 1 fully saturated rings. The lowest BCUT2D eigenvalue weighted by molar-refractivity contribution is -0.577. The molecule has 0 spiro atoms. The molecule has 0 N–H and O–H groups in total. The Kier molecular flexibility index (Phi) is 4.75. The maximum Gasteiger partial charge on any atom is 0.178 e. The molecule has 2 heteroatoms. The molecule has 2 atom stereocenters. The van der Waals surface area contributed by atoms with Crippen LogP contribution in [0.3, 0.4) is 0 Å². The Morgan fingerprint density at radius 2 is 1.71 bits per heavy atom. The molecule has 0 amide bonds. The van der Waals surface area contributed by atoms with Crippen molar-refractivity contribution in [3.63, 3.8) is 0 Å². The second kappa shape index (κ2) is 7.31. The zero-order valence-corrected chi connectivity index (χ0v) is 14.2. The van der Waals surface area contributed by atoms with E-state index in [0.717, 1.165) is 19.6 Å². The Balaban J connectivity index is 1.49. The van der Waals surface area contributed by atoms with Crippen LogP contribution in [0.5, 0.6) is 0 Å². The third-order valence-electron chi connectivity index (χ3n) is 5.40. The van der Waals surface area contributed by atoms with Gasteiger partial charge in [0.15, 0.2) is 12.3 Å². The van der Waals surface area contributed by atoms with Crippen molar-refractivity contribution in [1.29, 1.82) is 0 Å². The van der Waals surface area contributed by atoms with Gasteiger partial charge in [-0.05, 0) is 30.0 Å². The van der Waals surface area contributed by atoms with E-state index in [0.29, 0.717) is 12.1 Å². The first kappa shape index (κ1) is 15.6. The van der Waals surface area contributed by atoms with E-state index in [1.807, 2.05) is 0 Å². The number of benzene rings is 2. The molecule has 0 aromatic heterocycles. The van der Waals surface area contributed by atoms with Gasteiger partial charge in [0.2, 0.25) is 0 Å². The minimum absolute atomic E-state index is 0.348. The number of fused-ring (bicyclic) bond motifs is 1. The second-order valence-corrected chi connectivity index (χ2v) is 7.00. The summed E-state index contributed by atoms with van der Waals surface area (Å²) in [6, 6.07) is 19.9. The molecule has 2 aliphatic rings. The summed E-state index contributed by atoms with van der Waals surface area (Å²) in [5.41, 5.74) is 4.14. The first-order valence-electron chi connectivity index (χ1n) is 9.24. The van der Waals surface area contributed by atoms with Crippen molar-refractivity contribution in [2.45, 2.75) is 50.9 Å². The lowest BCUT2D eigenvalue weighted by atomic mass is 9.90. The number of hydrogen-bond acceptors (Lipinski definition) is 1. The predicted molar refractivity (Wildman–Crippen MR) is 97.7 cm³/mol. The number of hydrogen-bond donors (Lipinski definition) is 0. The van der Waals surface area contributed by atoms with Gasteiger partial charge in [-0.3, -0.25) is 0 Å². The van der Waals surface area contributed by atoms with E-state index in [9.17, 15) is 0 Å². The van der Waals surface area contributed by atoms with Crippen LogP contribution in [0, 0.1) is 0 Å². The topological polar surface area (TPSA) is 12.2 Å². The van der Waals surface area contributed by atoms with Crippen LogP contribution in [-0.4, -0.2) is 29.5 Å². The summed E-state index contributed by atoms with van der Waals surface area (Å²) in [4.78, 5) is 0. The fourth-order valence-corrected chi connectivity index (χ4v) is 4.07. The van der Waals surface area contributed by atoms with Crippen LogP contribution in [-0.2, 0) is 17.8 Å². The summed E-state index contributed by atoms with van der Waals surface area (Å²) in [7, 11) is 0. The molecule has 2 aromatic carbocycles. The predicted octanol–water partition coefficient (Wildman–Crippen LogP) is 4.20. The third-order valence-corrected chi connectivity index (χ3v) is 5.40. The van der Waals surface area contributed by atoms with E-state index in [1.54, 1.807) is 0 Å². The standard InChI is InChI=1S/C22H26NO/c1-2-8-18(9-3-1)17-24-22-13-7-6-12-21(22)23-15-14-19-10-4-5-11-20(19)16-23/h1-5,8-11,16,21-22H,6-7,12-15,17H2/q+1/t21-,22+/m1/s1. The summed E-state index contributed by atoms with van der Waals surface area (Å²) in [5.74, 6) is 0. The van der Waals surface area contributed by atoms with Crippen LogP contribution in [0.2, 0.25) is 0 Å². The zero-order chi connectivity index (χ0) is 16.2. The van der Waals surface area contributed by atoms with E-state index in [2.05, 4.69) is 65.4 Å². The molecule has 24 heavy (non-hydrogen) atoms. The molecule has 0 radical (unpaired) electrons. The second-order valence-electron chi connectivity index (χ2n) is 7.00. The minimum atomic E-state index is 0.348. The monoisotopic (exact) mass is 320 g/mol. The van der Waals surface area contributed by atoms with Crippen LogP contribution in [0.1, 0.15) is 42.4 Å². The lowest BCUT2D eigenvalue weighted by Gasteiger charge is -2.30. The Morgan fingerprint density at radius 1 is 0.917 bits per heavy atom. The number of ether oxygens (including phenoxy) is 1.